The summed E-state index contributed by atoms with van der Waals surface area (Å²) in [6, 6.07) is 8.60. The zero-order chi connectivity index (χ0) is 16.8. The number of hydrogen-bond acceptors (Lipinski definition) is 5. The minimum Gasteiger partial charge on any atom is -0.373 e. The Morgan fingerprint density at radius 1 is 1.43 bits per heavy atom. The molecule has 1 aromatic carbocycles. The highest BCUT2D eigenvalue weighted by molar-refractivity contribution is 5.94. The maximum Gasteiger partial charge on any atom is 0.254 e. The highest BCUT2D eigenvalue weighted by Gasteiger charge is 2.26. The summed E-state index contributed by atoms with van der Waals surface area (Å²) in [5.41, 5.74) is 6.24. The number of carbonyl (C=O) groups is 2. The number of benzene rings is 1. The predicted octanol–water partition coefficient (Wildman–Crippen LogP) is -0.184. The van der Waals surface area contributed by atoms with Gasteiger partial charge in [0.15, 0.2) is 0 Å². The van der Waals surface area contributed by atoms with E-state index in [0.717, 1.165) is 0 Å². The Morgan fingerprint density at radius 2 is 2.13 bits per heavy atom. The lowest BCUT2D eigenvalue weighted by Crippen LogP contribution is -2.49. The smallest absolute Gasteiger partial charge is 0.254 e. The van der Waals surface area contributed by atoms with E-state index in [1.807, 2.05) is 6.07 Å². The van der Waals surface area contributed by atoms with Gasteiger partial charge in [-0.1, -0.05) is 0 Å². The summed E-state index contributed by atoms with van der Waals surface area (Å²) in [6.07, 6.45) is -0.157. The molecule has 0 saturated carbocycles. The van der Waals surface area contributed by atoms with Gasteiger partial charge in [0.05, 0.1) is 30.9 Å². The van der Waals surface area contributed by atoms with Crippen LogP contribution in [-0.2, 0) is 9.53 Å². The van der Waals surface area contributed by atoms with Crippen LogP contribution in [-0.4, -0.2) is 67.6 Å². The minimum atomic E-state index is -0.395. The molecule has 2 N–H and O–H groups in total. The van der Waals surface area contributed by atoms with E-state index in [1.165, 1.54) is 0 Å². The maximum absolute atomic E-state index is 12.5. The summed E-state index contributed by atoms with van der Waals surface area (Å²) >= 11 is 0. The molecule has 122 valence electrons. The molecule has 1 saturated heterocycles. The van der Waals surface area contributed by atoms with Gasteiger partial charge in [-0.25, -0.2) is 0 Å². The van der Waals surface area contributed by atoms with Crippen molar-refractivity contribution in [2.75, 3.05) is 39.8 Å². The van der Waals surface area contributed by atoms with Gasteiger partial charge in [0.1, 0.15) is 0 Å². The van der Waals surface area contributed by atoms with Crippen LogP contribution < -0.4 is 5.73 Å². The number of nitrogens with zero attached hydrogens (tertiary/aromatic N) is 3. The average molecular weight is 316 g/mol. The number of nitriles is 1. The van der Waals surface area contributed by atoms with Crippen LogP contribution >= 0.6 is 0 Å². The van der Waals surface area contributed by atoms with Crippen molar-refractivity contribution in [1.82, 2.24) is 9.80 Å². The molecule has 7 heteroatoms. The van der Waals surface area contributed by atoms with Crippen molar-refractivity contribution >= 4 is 11.8 Å². The van der Waals surface area contributed by atoms with Crippen molar-refractivity contribution in [3.63, 3.8) is 0 Å². The number of ether oxygens (including phenoxy) is 1. The van der Waals surface area contributed by atoms with Gasteiger partial charge in [-0.3, -0.25) is 14.5 Å². The van der Waals surface area contributed by atoms with Crippen LogP contribution in [0.2, 0.25) is 0 Å². The molecule has 0 aliphatic carbocycles. The largest absolute Gasteiger partial charge is 0.373 e. The normalized spacial score (nSPS) is 17.8. The second-order valence-corrected chi connectivity index (χ2v) is 5.60. The van der Waals surface area contributed by atoms with Gasteiger partial charge in [-0.05, 0) is 31.3 Å². The standard InChI is InChI=1S/C16H20N4O3/c1-19(11-15(18)21)9-14-10-20(6-7-23-14)16(22)13-4-2-12(8-17)3-5-13/h2-5,14H,6-7,9-11H2,1H3,(H2,18,21)/t14-/m0/s1. The second-order valence-electron chi connectivity index (χ2n) is 5.60. The number of nitrogens with two attached hydrogens (primary N) is 1. The van der Waals surface area contributed by atoms with Crippen LogP contribution in [0, 0.1) is 11.3 Å². The highest BCUT2D eigenvalue weighted by atomic mass is 16.5. The van der Waals surface area contributed by atoms with Crippen molar-refractivity contribution in [1.29, 1.82) is 5.26 Å². The van der Waals surface area contributed by atoms with Gasteiger partial charge in [-0.15, -0.1) is 0 Å². The van der Waals surface area contributed by atoms with Crippen LogP contribution in [0.1, 0.15) is 15.9 Å². The molecular weight excluding hydrogens is 296 g/mol. The summed E-state index contributed by atoms with van der Waals surface area (Å²) < 4.78 is 5.65. The number of amides is 2. The first-order chi connectivity index (χ1) is 11.0. The van der Waals surface area contributed by atoms with Gasteiger partial charge in [-0.2, -0.15) is 5.26 Å². The van der Waals surface area contributed by atoms with E-state index < -0.39 is 5.91 Å². The molecule has 1 atom stereocenters. The van der Waals surface area contributed by atoms with E-state index in [1.54, 1.807) is 41.1 Å². The van der Waals surface area contributed by atoms with Gasteiger partial charge >= 0.3 is 0 Å². The third-order valence-electron chi connectivity index (χ3n) is 3.63. The van der Waals surface area contributed by atoms with Crippen molar-refractivity contribution in [2.24, 2.45) is 5.73 Å². The fourth-order valence-electron chi connectivity index (χ4n) is 2.56. The van der Waals surface area contributed by atoms with E-state index in [0.29, 0.717) is 37.4 Å². The molecule has 0 spiro atoms. The molecule has 0 unspecified atom stereocenters. The van der Waals surface area contributed by atoms with Gasteiger partial charge < -0.3 is 15.4 Å². The second kappa shape index (κ2) is 7.72. The minimum absolute atomic E-state index is 0.0830. The summed E-state index contributed by atoms with van der Waals surface area (Å²) in [5.74, 6) is -0.478. The van der Waals surface area contributed by atoms with Gasteiger partial charge in [0.25, 0.3) is 5.91 Å². The summed E-state index contributed by atoms with van der Waals surface area (Å²) in [7, 11) is 1.79. The first-order valence-corrected chi connectivity index (χ1v) is 7.37. The molecule has 0 bridgehead atoms. The highest BCUT2D eigenvalue weighted by Crippen LogP contribution is 2.12. The molecule has 1 aromatic rings. The molecule has 23 heavy (non-hydrogen) atoms. The summed E-state index contributed by atoms with van der Waals surface area (Å²) in [4.78, 5) is 26.9. The monoisotopic (exact) mass is 316 g/mol. The predicted molar refractivity (Wildman–Crippen MR) is 83.5 cm³/mol. The number of hydrogen-bond donors (Lipinski definition) is 1. The average Bonchev–Trinajstić information content (AvgIpc) is 2.53. The van der Waals surface area contributed by atoms with Crippen LogP contribution in [0.4, 0.5) is 0 Å². The topological polar surface area (TPSA) is 99.7 Å². The SMILES string of the molecule is CN(CC(N)=O)C[C@H]1CN(C(=O)c2ccc(C#N)cc2)CCO1. The Labute approximate surface area is 135 Å². The fraction of sp³-hybridized carbons (Fsp3) is 0.438. The Morgan fingerprint density at radius 3 is 2.74 bits per heavy atom. The molecule has 2 amide bonds. The van der Waals surface area contributed by atoms with E-state index in [4.69, 9.17) is 15.7 Å². The van der Waals surface area contributed by atoms with Crippen molar-refractivity contribution < 1.29 is 14.3 Å². The van der Waals surface area contributed by atoms with E-state index in [9.17, 15) is 9.59 Å². The lowest BCUT2D eigenvalue weighted by Gasteiger charge is -2.34. The Kier molecular flexibility index (Phi) is 5.68. The molecule has 1 fully saturated rings. The lowest BCUT2D eigenvalue weighted by atomic mass is 10.1. The van der Waals surface area contributed by atoms with E-state index >= 15 is 0 Å². The quantitative estimate of drug-likeness (QED) is 0.812. The van der Waals surface area contributed by atoms with Crippen LogP contribution in [0.15, 0.2) is 24.3 Å². The third kappa shape index (κ3) is 4.77. The Balaban J connectivity index is 1.95. The molecule has 1 heterocycles. The van der Waals surface area contributed by atoms with E-state index in [2.05, 4.69) is 0 Å². The summed E-state index contributed by atoms with van der Waals surface area (Å²) in [6.45, 7) is 2.12. The first kappa shape index (κ1) is 16.9. The molecular formula is C16H20N4O3. The van der Waals surface area contributed by atoms with Crippen LogP contribution in [0.5, 0.6) is 0 Å². The number of likely N-dealkylation sites (N-methyl/N-ethyl adjacent to an activating group) is 1. The van der Waals surface area contributed by atoms with Crippen molar-refractivity contribution in [3.05, 3.63) is 35.4 Å². The summed E-state index contributed by atoms with van der Waals surface area (Å²) in [5, 5.41) is 8.80. The van der Waals surface area contributed by atoms with Crippen LogP contribution in [0.3, 0.4) is 0 Å². The number of primary amides is 1. The Hall–Kier alpha value is -2.43. The fourth-order valence-corrected chi connectivity index (χ4v) is 2.56. The molecule has 2 rings (SSSR count). The van der Waals surface area contributed by atoms with Gasteiger partial charge in [0.2, 0.25) is 5.91 Å². The van der Waals surface area contributed by atoms with Crippen molar-refractivity contribution in [3.8, 4) is 6.07 Å². The van der Waals surface area contributed by atoms with Crippen molar-refractivity contribution in [2.45, 2.75) is 6.10 Å². The molecule has 0 radical (unpaired) electrons. The zero-order valence-electron chi connectivity index (χ0n) is 13.1. The molecule has 7 nitrogen and oxygen atoms in total. The lowest BCUT2D eigenvalue weighted by molar-refractivity contribution is -0.119. The van der Waals surface area contributed by atoms with Crippen LogP contribution in [0.25, 0.3) is 0 Å². The maximum atomic E-state index is 12.5. The van der Waals surface area contributed by atoms with Gasteiger partial charge in [0, 0.05) is 25.2 Å². The molecule has 1 aliphatic heterocycles. The van der Waals surface area contributed by atoms with E-state index in [-0.39, 0.29) is 18.6 Å². The zero-order valence-corrected chi connectivity index (χ0v) is 13.1. The number of rotatable bonds is 5. The Bertz CT molecular complexity index is 609. The molecule has 1 aliphatic rings. The number of morpholine rings is 1. The first-order valence-electron chi connectivity index (χ1n) is 7.37. The third-order valence-corrected chi connectivity index (χ3v) is 3.63. The molecule has 0 aromatic heterocycles. The number of carbonyl (C=O) groups excluding carboxylic acids is 2.